The maximum Gasteiger partial charge on any atom is 0.245 e. The van der Waals surface area contributed by atoms with Gasteiger partial charge in [0.2, 0.25) is 15.9 Å². The molecular weight excluding hydrogens is 360 g/mol. The summed E-state index contributed by atoms with van der Waals surface area (Å²) in [6.45, 7) is 1.30. The maximum absolute atomic E-state index is 12.9. The van der Waals surface area contributed by atoms with E-state index in [2.05, 4.69) is 4.72 Å². The molecule has 0 aromatic heterocycles. The van der Waals surface area contributed by atoms with Crippen LogP contribution in [0.15, 0.2) is 59.5 Å². The Hall–Kier alpha value is -1.89. The van der Waals surface area contributed by atoms with Crippen LogP contribution in [0.4, 0.5) is 0 Å². The van der Waals surface area contributed by atoms with E-state index in [1.54, 1.807) is 41.3 Å². The van der Waals surface area contributed by atoms with Gasteiger partial charge in [0.05, 0.1) is 5.02 Å². The Labute approximate surface area is 152 Å². The second-order valence-corrected chi connectivity index (χ2v) is 8.02. The van der Waals surface area contributed by atoms with Gasteiger partial charge in [-0.2, -0.15) is 4.72 Å². The lowest BCUT2D eigenvalue weighted by atomic mass is 10.1. The molecule has 1 amide bonds. The zero-order valence-corrected chi connectivity index (χ0v) is 15.1. The molecule has 1 atom stereocenters. The van der Waals surface area contributed by atoms with E-state index in [0.717, 1.165) is 12.8 Å². The van der Waals surface area contributed by atoms with Crippen LogP contribution in [0.1, 0.15) is 24.4 Å². The van der Waals surface area contributed by atoms with Crippen LogP contribution in [-0.4, -0.2) is 32.3 Å². The summed E-state index contributed by atoms with van der Waals surface area (Å²) in [5.41, 5.74) is 0.607. The summed E-state index contributed by atoms with van der Waals surface area (Å²) in [6.07, 6.45) is 1.87. The third kappa shape index (κ3) is 4.03. The lowest BCUT2D eigenvalue weighted by molar-refractivity contribution is -0.132. The first kappa shape index (κ1) is 17.9. The Morgan fingerprint density at radius 3 is 2.24 bits per heavy atom. The molecule has 1 aliphatic rings. The van der Waals surface area contributed by atoms with Gasteiger partial charge in [-0.3, -0.25) is 4.79 Å². The molecule has 3 rings (SSSR count). The zero-order chi connectivity index (χ0) is 17.9. The highest BCUT2D eigenvalue weighted by molar-refractivity contribution is 7.89. The zero-order valence-electron chi connectivity index (χ0n) is 13.6. The van der Waals surface area contributed by atoms with Gasteiger partial charge in [-0.25, -0.2) is 8.42 Å². The largest absolute Gasteiger partial charge is 0.341 e. The molecule has 0 spiro atoms. The van der Waals surface area contributed by atoms with Crippen molar-refractivity contribution in [3.8, 4) is 0 Å². The number of hydrogen-bond donors (Lipinski definition) is 1. The summed E-state index contributed by atoms with van der Waals surface area (Å²) in [5, 5.41) is 0.121. The van der Waals surface area contributed by atoms with Crippen molar-refractivity contribution >= 4 is 27.5 Å². The molecule has 0 saturated carbocycles. The number of carbonyl (C=O) groups excluding carboxylic acids is 1. The molecule has 1 aliphatic heterocycles. The predicted molar refractivity (Wildman–Crippen MR) is 96.8 cm³/mol. The fraction of sp³-hybridized carbons (Fsp3) is 0.278. The van der Waals surface area contributed by atoms with Crippen LogP contribution < -0.4 is 4.72 Å². The van der Waals surface area contributed by atoms with Gasteiger partial charge in [0, 0.05) is 13.1 Å². The number of carbonyl (C=O) groups is 1. The van der Waals surface area contributed by atoms with E-state index in [1.165, 1.54) is 12.1 Å². The lowest BCUT2D eigenvalue weighted by Gasteiger charge is -2.24. The molecule has 2 aromatic rings. The summed E-state index contributed by atoms with van der Waals surface area (Å²) in [4.78, 5) is 14.6. The van der Waals surface area contributed by atoms with Gasteiger partial charge in [0.25, 0.3) is 0 Å². The number of amides is 1. The number of nitrogens with zero attached hydrogens (tertiary/aromatic N) is 1. The van der Waals surface area contributed by atoms with Crippen LogP contribution >= 0.6 is 11.6 Å². The maximum atomic E-state index is 12.9. The summed E-state index contributed by atoms with van der Waals surface area (Å²) < 4.78 is 28.1. The third-order valence-electron chi connectivity index (χ3n) is 4.20. The Morgan fingerprint density at radius 2 is 1.60 bits per heavy atom. The van der Waals surface area contributed by atoms with Gasteiger partial charge < -0.3 is 4.90 Å². The highest BCUT2D eigenvalue weighted by atomic mass is 35.5. The number of nitrogens with one attached hydrogen (secondary N) is 1. The molecule has 25 heavy (non-hydrogen) atoms. The number of hydrogen-bond acceptors (Lipinski definition) is 3. The first-order valence-electron chi connectivity index (χ1n) is 8.09. The minimum Gasteiger partial charge on any atom is -0.341 e. The molecule has 1 saturated heterocycles. The Kier molecular flexibility index (Phi) is 5.42. The Bertz CT molecular complexity index is 850. The smallest absolute Gasteiger partial charge is 0.245 e. The quantitative estimate of drug-likeness (QED) is 0.869. The molecule has 2 aromatic carbocycles. The van der Waals surface area contributed by atoms with Crippen LogP contribution in [0.5, 0.6) is 0 Å². The summed E-state index contributed by atoms with van der Waals surface area (Å²) in [6, 6.07) is 14.1. The molecule has 7 heteroatoms. The van der Waals surface area contributed by atoms with Crippen molar-refractivity contribution in [3.63, 3.8) is 0 Å². The highest BCUT2D eigenvalue weighted by Crippen LogP contribution is 2.25. The fourth-order valence-electron chi connectivity index (χ4n) is 2.91. The van der Waals surface area contributed by atoms with E-state index in [0.29, 0.717) is 18.7 Å². The van der Waals surface area contributed by atoms with Crippen molar-refractivity contribution in [2.75, 3.05) is 13.1 Å². The fourth-order valence-corrected chi connectivity index (χ4v) is 4.61. The van der Waals surface area contributed by atoms with Crippen LogP contribution in [-0.2, 0) is 14.8 Å². The molecule has 5 nitrogen and oxygen atoms in total. The topological polar surface area (TPSA) is 66.5 Å². The molecule has 0 aliphatic carbocycles. The number of rotatable bonds is 5. The van der Waals surface area contributed by atoms with E-state index in [4.69, 9.17) is 11.6 Å². The number of benzene rings is 2. The third-order valence-corrected chi connectivity index (χ3v) is 6.12. The molecular formula is C18H19ClN2O3S. The summed E-state index contributed by atoms with van der Waals surface area (Å²) in [5.74, 6) is -0.237. The van der Waals surface area contributed by atoms with Gasteiger partial charge >= 0.3 is 0 Å². The molecule has 132 valence electrons. The van der Waals surface area contributed by atoms with Gasteiger partial charge in [-0.15, -0.1) is 0 Å². The van der Waals surface area contributed by atoms with Crippen molar-refractivity contribution in [2.24, 2.45) is 0 Å². The van der Waals surface area contributed by atoms with Gasteiger partial charge in [-0.1, -0.05) is 54.1 Å². The van der Waals surface area contributed by atoms with Gasteiger partial charge in [0.1, 0.15) is 10.9 Å². The molecule has 0 radical (unpaired) electrons. The minimum atomic E-state index is -3.94. The second-order valence-electron chi connectivity index (χ2n) is 5.93. The first-order valence-corrected chi connectivity index (χ1v) is 9.96. The molecule has 1 fully saturated rings. The van der Waals surface area contributed by atoms with Crippen LogP contribution in [0.2, 0.25) is 5.02 Å². The van der Waals surface area contributed by atoms with Crippen molar-refractivity contribution in [1.29, 1.82) is 0 Å². The second kappa shape index (κ2) is 7.56. The standard InChI is InChI=1S/C18H19ClN2O3S/c19-15-10-4-5-11-16(15)25(23,24)20-17(14-8-2-1-3-9-14)18(22)21-12-6-7-13-21/h1-5,8-11,17,20H,6-7,12-13H2/t17-/m0/s1. The molecule has 1 heterocycles. The number of likely N-dealkylation sites (tertiary alicyclic amines) is 1. The molecule has 1 N–H and O–H groups in total. The Balaban J connectivity index is 1.95. The Morgan fingerprint density at radius 1 is 1.00 bits per heavy atom. The van der Waals surface area contributed by atoms with Crippen LogP contribution in [0, 0.1) is 0 Å². The van der Waals surface area contributed by atoms with Crippen molar-refractivity contribution in [3.05, 3.63) is 65.2 Å². The van der Waals surface area contributed by atoms with E-state index < -0.39 is 16.1 Å². The SMILES string of the molecule is O=C([C@@H](NS(=O)(=O)c1ccccc1Cl)c1ccccc1)N1CCCC1. The van der Waals surface area contributed by atoms with E-state index in [1.807, 2.05) is 6.07 Å². The van der Waals surface area contributed by atoms with Gasteiger partial charge in [-0.05, 0) is 30.5 Å². The van der Waals surface area contributed by atoms with Crippen LogP contribution in [0.3, 0.4) is 0 Å². The number of halogens is 1. The van der Waals surface area contributed by atoms with Gasteiger partial charge in [0.15, 0.2) is 0 Å². The monoisotopic (exact) mass is 378 g/mol. The molecule has 0 bridgehead atoms. The summed E-state index contributed by atoms with van der Waals surface area (Å²) >= 11 is 6.03. The first-order chi connectivity index (χ1) is 12.0. The molecule has 0 unspecified atom stereocenters. The predicted octanol–water partition coefficient (Wildman–Crippen LogP) is 2.98. The van der Waals surface area contributed by atoms with E-state index >= 15 is 0 Å². The van der Waals surface area contributed by atoms with Crippen LogP contribution in [0.25, 0.3) is 0 Å². The summed E-state index contributed by atoms with van der Waals surface area (Å²) in [7, 11) is -3.94. The van der Waals surface area contributed by atoms with Crippen molar-refractivity contribution < 1.29 is 13.2 Å². The average molecular weight is 379 g/mol. The normalized spacial score (nSPS) is 16.0. The van der Waals surface area contributed by atoms with E-state index in [-0.39, 0.29) is 15.8 Å². The average Bonchev–Trinajstić information content (AvgIpc) is 3.15. The van der Waals surface area contributed by atoms with Crippen molar-refractivity contribution in [2.45, 2.75) is 23.8 Å². The minimum absolute atomic E-state index is 0.0354. The van der Waals surface area contributed by atoms with E-state index in [9.17, 15) is 13.2 Å². The van der Waals surface area contributed by atoms with Crippen molar-refractivity contribution in [1.82, 2.24) is 9.62 Å². The number of sulfonamides is 1. The highest BCUT2D eigenvalue weighted by Gasteiger charge is 2.32. The lowest BCUT2D eigenvalue weighted by Crippen LogP contribution is -2.41.